The third kappa shape index (κ3) is 4.58. The van der Waals surface area contributed by atoms with Crippen molar-refractivity contribution in [2.24, 2.45) is 0 Å². The zero-order valence-electron chi connectivity index (χ0n) is 10.9. The van der Waals surface area contributed by atoms with Gasteiger partial charge in [-0.1, -0.05) is 13.0 Å². The number of aliphatic hydroxyl groups excluding tert-OH is 1. The summed E-state index contributed by atoms with van der Waals surface area (Å²) in [4.78, 5) is 11.7. The molecule has 1 rings (SSSR count). The Morgan fingerprint density at radius 1 is 1.50 bits per heavy atom. The Morgan fingerprint density at radius 3 is 2.78 bits per heavy atom. The molecule has 0 aliphatic carbocycles. The van der Waals surface area contributed by atoms with Crippen LogP contribution in [0.3, 0.4) is 0 Å². The summed E-state index contributed by atoms with van der Waals surface area (Å²) < 4.78 is 0. The minimum atomic E-state index is -0.420. The van der Waals surface area contributed by atoms with Gasteiger partial charge >= 0.3 is 0 Å². The van der Waals surface area contributed by atoms with E-state index in [1.807, 2.05) is 19.9 Å². The van der Waals surface area contributed by atoms with Gasteiger partial charge < -0.3 is 16.2 Å². The van der Waals surface area contributed by atoms with E-state index < -0.39 is 6.10 Å². The number of nitrogen functional groups attached to an aromatic ring is 1. The maximum atomic E-state index is 11.7. The summed E-state index contributed by atoms with van der Waals surface area (Å²) in [6.07, 6.45) is -0.420. The topological polar surface area (TPSA) is 75.3 Å². The van der Waals surface area contributed by atoms with E-state index in [0.29, 0.717) is 11.4 Å². The highest BCUT2D eigenvalue weighted by Crippen LogP contribution is 2.19. The lowest BCUT2D eigenvalue weighted by Gasteiger charge is -2.14. The fourth-order valence-corrected chi connectivity index (χ4v) is 2.07. The van der Waals surface area contributed by atoms with Crippen LogP contribution in [-0.2, 0) is 4.79 Å². The third-order valence-corrected chi connectivity index (χ3v) is 4.04. The minimum absolute atomic E-state index is 0.0395. The van der Waals surface area contributed by atoms with E-state index in [1.54, 1.807) is 19.1 Å². The molecule has 0 saturated carbocycles. The second kappa shape index (κ2) is 6.66. The van der Waals surface area contributed by atoms with Gasteiger partial charge in [-0.25, -0.2) is 0 Å². The van der Waals surface area contributed by atoms with E-state index in [1.165, 1.54) is 11.8 Å². The first-order chi connectivity index (χ1) is 8.40. The Hall–Kier alpha value is -1.20. The van der Waals surface area contributed by atoms with Gasteiger partial charge in [-0.2, -0.15) is 0 Å². The van der Waals surface area contributed by atoms with E-state index in [0.717, 1.165) is 11.3 Å². The summed E-state index contributed by atoms with van der Waals surface area (Å²) in [5, 5.41) is 12.2. The standard InChI is InChI=1S/C13H20N2O2S/c1-8-4-5-11(14)6-12(8)15-13(17)7-18-10(3)9(2)16/h4-6,9-10,16H,7,14H2,1-3H3,(H,15,17). The molecule has 100 valence electrons. The van der Waals surface area contributed by atoms with Gasteiger partial charge in [0.2, 0.25) is 5.91 Å². The molecule has 0 aliphatic heterocycles. The molecular formula is C13H20N2O2S. The van der Waals surface area contributed by atoms with Crippen LogP contribution in [0.15, 0.2) is 18.2 Å². The van der Waals surface area contributed by atoms with Crippen molar-refractivity contribution in [3.05, 3.63) is 23.8 Å². The molecule has 0 bridgehead atoms. The summed E-state index contributed by atoms with van der Waals surface area (Å²) in [6.45, 7) is 5.53. The zero-order valence-corrected chi connectivity index (χ0v) is 11.8. The molecule has 0 aliphatic rings. The molecule has 18 heavy (non-hydrogen) atoms. The third-order valence-electron chi connectivity index (χ3n) is 2.69. The predicted molar refractivity (Wildman–Crippen MR) is 77.8 cm³/mol. The first-order valence-corrected chi connectivity index (χ1v) is 6.90. The van der Waals surface area contributed by atoms with Gasteiger partial charge in [0.25, 0.3) is 0 Å². The van der Waals surface area contributed by atoms with Crippen molar-refractivity contribution in [1.29, 1.82) is 0 Å². The molecule has 2 atom stereocenters. The van der Waals surface area contributed by atoms with Crippen LogP contribution in [0, 0.1) is 6.92 Å². The number of anilines is 2. The lowest BCUT2D eigenvalue weighted by molar-refractivity contribution is -0.113. The number of amides is 1. The fourth-order valence-electron chi connectivity index (χ4n) is 1.31. The van der Waals surface area contributed by atoms with E-state index in [2.05, 4.69) is 5.32 Å². The van der Waals surface area contributed by atoms with Crippen LogP contribution in [0.25, 0.3) is 0 Å². The van der Waals surface area contributed by atoms with Gasteiger partial charge in [-0.15, -0.1) is 11.8 Å². The second-order valence-corrected chi connectivity index (χ2v) is 5.74. The van der Waals surface area contributed by atoms with Crippen molar-refractivity contribution in [2.45, 2.75) is 32.1 Å². The molecule has 1 amide bonds. The van der Waals surface area contributed by atoms with E-state index in [-0.39, 0.29) is 11.2 Å². The van der Waals surface area contributed by atoms with Gasteiger partial charge in [-0.05, 0) is 31.5 Å². The maximum absolute atomic E-state index is 11.7. The number of carbonyl (C=O) groups is 1. The Labute approximate surface area is 112 Å². The molecule has 0 aromatic heterocycles. The molecule has 0 saturated heterocycles. The summed E-state index contributed by atoms with van der Waals surface area (Å²) in [6, 6.07) is 5.42. The molecule has 4 N–H and O–H groups in total. The van der Waals surface area contributed by atoms with Crippen molar-refractivity contribution < 1.29 is 9.90 Å². The minimum Gasteiger partial charge on any atom is -0.399 e. The number of rotatable bonds is 5. The van der Waals surface area contributed by atoms with E-state index in [9.17, 15) is 9.90 Å². The van der Waals surface area contributed by atoms with Crippen molar-refractivity contribution >= 4 is 29.0 Å². The summed E-state index contributed by atoms with van der Waals surface area (Å²) in [5.41, 5.74) is 8.02. The smallest absolute Gasteiger partial charge is 0.234 e. The summed E-state index contributed by atoms with van der Waals surface area (Å²) in [7, 11) is 0. The molecule has 5 heteroatoms. The largest absolute Gasteiger partial charge is 0.399 e. The highest BCUT2D eigenvalue weighted by atomic mass is 32.2. The Bertz CT molecular complexity index is 421. The van der Waals surface area contributed by atoms with Crippen LogP contribution in [0.2, 0.25) is 0 Å². The number of thioether (sulfide) groups is 1. The quantitative estimate of drug-likeness (QED) is 0.714. The Balaban J connectivity index is 2.52. The van der Waals surface area contributed by atoms with Crippen LogP contribution < -0.4 is 11.1 Å². The van der Waals surface area contributed by atoms with Crippen LogP contribution in [0.1, 0.15) is 19.4 Å². The number of benzene rings is 1. The maximum Gasteiger partial charge on any atom is 0.234 e. The molecule has 4 nitrogen and oxygen atoms in total. The Kier molecular flexibility index (Phi) is 5.50. The molecule has 2 unspecified atom stereocenters. The first kappa shape index (κ1) is 14.9. The number of nitrogens with one attached hydrogen (secondary N) is 1. The molecular weight excluding hydrogens is 248 g/mol. The molecule has 0 radical (unpaired) electrons. The number of hydrogen-bond acceptors (Lipinski definition) is 4. The molecule has 1 aromatic carbocycles. The monoisotopic (exact) mass is 268 g/mol. The highest BCUT2D eigenvalue weighted by molar-refractivity contribution is 8.00. The van der Waals surface area contributed by atoms with Crippen molar-refractivity contribution in [3.63, 3.8) is 0 Å². The van der Waals surface area contributed by atoms with Gasteiger partial charge in [-0.3, -0.25) is 4.79 Å². The normalized spacial score (nSPS) is 14.0. The SMILES string of the molecule is Cc1ccc(N)cc1NC(=O)CSC(C)C(C)O. The van der Waals surface area contributed by atoms with Crippen molar-refractivity contribution in [1.82, 2.24) is 0 Å². The zero-order chi connectivity index (χ0) is 13.7. The van der Waals surface area contributed by atoms with Crippen molar-refractivity contribution in [3.8, 4) is 0 Å². The number of aryl methyl sites for hydroxylation is 1. The van der Waals surface area contributed by atoms with Crippen LogP contribution in [-0.4, -0.2) is 28.1 Å². The summed E-state index contributed by atoms with van der Waals surface area (Å²) in [5.74, 6) is 0.238. The first-order valence-electron chi connectivity index (χ1n) is 5.85. The van der Waals surface area contributed by atoms with Gasteiger partial charge in [0.05, 0.1) is 11.9 Å². The Morgan fingerprint density at radius 2 is 2.17 bits per heavy atom. The second-order valence-electron chi connectivity index (χ2n) is 4.38. The summed E-state index contributed by atoms with van der Waals surface area (Å²) >= 11 is 1.43. The molecule has 0 fully saturated rings. The van der Waals surface area contributed by atoms with Gasteiger partial charge in [0.1, 0.15) is 0 Å². The van der Waals surface area contributed by atoms with E-state index >= 15 is 0 Å². The average molecular weight is 268 g/mol. The lowest BCUT2D eigenvalue weighted by atomic mass is 10.2. The van der Waals surface area contributed by atoms with Gasteiger partial charge in [0, 0.05) is 16.6 Å². The molecule has 1 aromatic rings. The lowest BCUT2D eigenvalue weighted by Crippen LogP contribution is -2.21. The van der Waals surface area contributed by atoms with Crippen LogP contribution >= 0.6 is 11.8 Å². The number of nitrogens with two attached hydrogens (primary N) is 1. The average Bonchev–Trinajstić information content (AvgIpc) is 2.30. The number of hydrogen-bond donors (Lipinski definition) is 3. The van der Waals surface area contributed by atoms with E-state index in [4.69, 9.17) is 5.73 Å². The van der Waals surface area contributed by atoms with Crippen LogP contribution in [0.5, 0.6) is 0 Å². The van der Waals surface area contributed by atoms with Crippen molar-refractivity contribution in [2.75, 3.05) is 16.8 Å². The number of aliphatic hydroxyl groups is 1. The highest BCUT2D eigenvalue weighted by Gasteiger charge is 2.12. The van der Waals surface area contributed by atoms with Crippen LogP contribution in [0.4, 0.5) is 11.4 Å². The predicted octanol–water partition coefficient (Wildman–Crippen LogP) is 2.02. The number of carbonyl (C=O) groups excluding carboxylic acids is 1. The molecule has 0 spiro atoms. The van der Waals surface area contributed by atoms with Gasteiger partial charge in [0.15, 0.2) is 0 Å². The fraction of sp³-hybridized carbons (Fsp3) is 0.462. The molecule has 0 heterocycles.